The maximum atomic E-state index is 3.31. The molecule has 0 N–H and O–H groups in total. The maximum absolute atomic E-state index is 3.31. The van der Waals surface area contributed by atoms with Gasteiger partial charge in [0.25, 0.3) is 0 Å². The molecule has 0 spiro atoms. The SMILES string of the molecule is [CH2]C#CCC. The molecule has 0 aliphatic rings. The van der Waals surface area contributed by atoms with E-state index in [1.807, 2.05) is 6.92 Å². The molecule has 0 atom stereocenters. The summed E-state index contributed by atoms with van der Waals surface area (Å²) in [6.45, 7) is 5.31. The van der Waals surface area contributed by atoms with Gasteiger partial charge in [-0.1, -0.05) is 6.92 Å². The number of hydrogen-bond acceptors (Lipinski definition) is 0. The van der Waals surface area contributed by atoms with Crippen molar-refractivity contribution in [2.75, 3.05) is 0 Å². The molecule has 1 radical (unpaired) electrons. The molecule has 0 nitrogen and oxygen atoms in total. The van der Waals surface area contributed by atoms with E-state index in [1.165, 1.54) is 0 Å². The molecule has 0 amide bonds. The molecule has 0 aromatic rings. The van der Waals surface area contributed by atoms with E-state index in [9.17, 15) is 0 Å². The number of rotatable bonds is 0. The summed E-state index contributed by atoms with van der Waals surface area (Å²) in [6.07, 6.45) is 0.920. The second-order valence-electron chi connectivity index (χ2n) is 0.707. The van der Waals surface area contributed by atoms with Crippen LogP contribution >= 0.6 is 0 Å². The molecule has 27 valence electrons. The predicted octanol–water partition coefficient (Wildman–Crippen LogP) is 1.23. The second kappa shape index (κ2) is 3.56. The monoisotopic (exact) mass is 67.1 g/mol. The summed E-state index contributed by atoms with van der Waals surface area (Å²) in [6, 6.07) is 0. The van der Waals surface area contributed by atoms with Crippen LogP contribution < -0.4 is 0 Å². The van der Waals surface area contributed by atoms with Gasteiger partial charge in [-0.15, -0.1) is 11.8 Å². The lowest BCUT2D eigenvalue weighted by Gasteiger charge is -1.58. The van der Waals surface area contributed by atoms with Gasteiger partial charge in [0.1, 0.15) is 0 Å². The molecule has 0 unspecified atom stereocenters. The van der Waals surface area contributed by atoms with Gasteiger partial charge in [-0.05, 0) is 0 Å². The average Bonchev–Trinajstić information content (AvgIpc) is 1.41. The lowest BCUT2D eigenvalue weighted by Crippen LogP contribution is -1.45. The average molecular weight is 67.1 g/mol. The third-order valence-electron chi connectivity index (χ3n) is 0.302. The Balaban J connectivity index is 2.81. The van der Waals surface area contributed by atoms with Crippen LogP contribution in [0, 0.1) is 18.8 Å². The van der Waals surface area contributed by atoms with Crippen molar-refractivity contribution in [1.82, 2.24) is 0 Å². The molecular weight excluding hydrogens is 60.1 g/mol. The fraction of sp³-hybridized carbons (Fsp3) is 0.400. The standard InChI is InChI=1S/C5H7/c1-3-5-4-2/h1,4H2,2H3. The van der Waals surface area contributed by atoms with Gasteiger partial charge in [-0.2, -0.15) is 0 Å². The number of hydrogen-bond donors (Lipinski definition) is 0. The maximum Gasteiger partial charge on any atom is 0.0198 e. The minimum atomic E-state index is 0.920. The van der Waals surface area contributed by atoms with Crippen molar-refractivity contribution >= 4 is 0 Å². The zero-order valence-electron chi connectivity index (χ0n) is 3.41. The Hall–Kier alpha value is -0.440. The molecule has 0 aliphatic heterocycles. The van der Waals surface area contributed by atoms with Crippen LogP contribution in [0.5, 0.6) is 0 Å². The van der Waals surface area contributed by atoms with Gasteiger partial charge in [0.15, 0.2) is 0 Å². The first-order chi connectivity index (χ1) is 2.41. The van der Waals surface area contributed by atoms with E-state index in [4.69, 9.17) is 0 Å². The van der Waals surface area contributed by atoms with Gasteiger partial charge < -0.3 is 0 Å². The van der Waals surface area contributed by atoms with Crippen LogP contribution in [0.1, 0.15) is 13.3 Å². The molecule has 0 aromatic carbocycles. The molecule has 0 rings (SSSR count). The highest BCUT2D eigenvalue weighted by molar-refractivity contribution is 4.99. The zero-order chi connectivity index (χ0) is 4.12. The Morgan fingerprint density at radius 1 is 1.80 bits per heavy atom. The summed E-state index contributed by atoms with van der Waals surface area (Å²) in [4.78, 5) is 0. The summed E-state index contributed by atoms with van der Waals surface area (Å²) in [5.74, 6) is 5.27. The summed E-state index contributed by atoms with van der Waals surface area (Å²) in [7, 11) is 0. The van der Waals surface area contributed by atoms with Crippen LogP contribution in [-0.4, -0.2) is 0 Å². The molecular formula is C5H7. The first-order valence-corrected chi connectivity index (χ1v) is 1.66. The smallest absolute Gasteiger partial charge is 0.0198 e. The van der Waals surface area contributed by atoms with Crippen molar-refractivity contribution in [2.45, 2.75) is 13.3 Å². The van der Waals surface area contributed by atoms with Crippen LogP contribution in [0.15, 0.2) is 0 Å². The van der Waals surface area contributed by atoms with E-state index in [0.717, 1.165) is 6.42 Å². The van der Waals surface area contributed by atoms with E-state index < -0.39 is 0 Å². The fourth-order valence-corrected chi connectivity index (χ4v) is 0.125. The summed E-state index contributed by atoms with van der Waals surface area (Å²) in [5.41, 5.74) is 0. The van der Waals surface area contributed by atoms with Gasteiger partial charge in [0.2, 0.25) is 0 Å². The normalized spacial score (nSPS) is 5.20. The van der Waals surface area contributed by atoms with Gasteiger partial charge in [0, 0.05) is 13.3 Å². The van der Waals surface area contributed by atoms with Crippen LogP contribution in [0.4, 0.5) is 0 Å². The van der Waals surface area contributed by atoms with Crippen LogP contribution in [0.25, 0.3) is 0 Å². The van der Waals surface area contributed by atoms with Gasteiger partial charge in [0.05, 0.1) is 0 Å². The molecule has 0 saturated heterocycles. The predicted molar refractivity (Wildman–Crippen MR) is 23.4 cm³/mol. The van der Waals surface area contributed by atoms with Crippen molar-refractivity contribution in [3.05, 3.63) is 6.92 Å². The van der Waals surface area contributed by atoms with E-state index in [1.54, 1.807) is 0 Å². The van der Waals surface area contributed by atoms with Crippen LogP contribution in [0.3, 0.4) is 0 Å². The topological polar surface area (TPSA) is 0 Å². The lowest BCUT2D eigenvalue weighted by atomic mass is 10.5. The van der Waals surface area contributed by atoms with E-state index in [2.05, 4.69) is 18.8 Å². The van der Waals surface area contributed by atoms with Crippen molar-refractivity contribution in [2.24, 2.45) is 0 Å². The van der Waals surface area contributed by atoms with Crippen molar-refractivity contribution < 1.29 is 0 Å². The third kappa shape index (κ3) is 3.56. The van der Waals surface area contributed by atoms with Gasteiger partial charge >= 0.3 is 0 Å². The highest BCUT2D eigenvalue weighted by Gasteiger charge is 1.48. The van der Waals surface area contributed by atoms with E-state index in [-0.39, 0.29) is 0 Å². The van der Waals surface area contributed by atoms with E-state index >= 15 is 0 Å². The molecule has 0 aromatic heterocycles. The summed E-state index contributed by atoms with van der Waals surface area (Å²) < 4.78 is 0. The highest BCUT2D eigenvalue weighted by atomic mass is 13.5. The van der Waals surface area contributed by atoms with Crippen LogP contribution in [-0.2, 0) is 0 Å². The Kier molecular flexibility index (Phi) is 3.25. The first kappa shape index (κ1) is 4.56. The van der Waals surface area contributed by atoms with Crippen molar-refractivity contribution in [3.63, 3.8) is 0 Å². The largest absolute Gasteiger partial charge is 0.104 e. The molecule has 0 saturated carbocycles. The molecule has 0 aliphatic carbocycles. The summed E-state index contributed by atoms with van der Waals surface area (Å²) in [5, 5.41) is 0. The zero-order valence-corrected chi connectivity index (χ0v) is 3.41. The Morgan fingerprint density at radius 3 is 2.40 bits per heavy atom. The Morgan fingerprint density at radius 2 is 2.40 bits per heavy atom. The van der Waals surface area contributed by atoms with Gasteiger partial charge in [-0.3, -0.25) is 0 Å². The highest BCUT2D eigenvalue weighted by Crippen LogP contribution is 1.62. The van der Waals surface area contributed by atoms with E-state index in [0.29, 0.717) is 0 Å². The van der Waals surface area contributed by atoms with Crippen LogP contribution in [0.2, 0.25) is 0 Å². The minimum Gasteiger partial charge on any atom is -0.104 e. The molecule has 5 heavy (non-hydrogen) atoms. The quantitative estimate of drug-likeness (QED) is 0.374. The minimum absolute atomic E-state index is 0.920. The Labute approximate surface area is 33.2 Å². The van der Waals surface area contributed by atoms with Crippen molar-refractivity contribution in [3.8, 4) is 11.8 Å². The lowest BCUT2D eigenvalue weighted by molar-refractivity contribution is 1.28. The van der Waals surface area contributed by atoms with Crippen molar-refractivity contribution in [1.29, 1.82) is 0 Å². The first-order valence-electron chi connectivity index (χ1n) is 1.66. The van der Waals surface area contributed by atoms with Gasteiger partial charge in [-0.25, -0.2) is 0 Å². The third-order valence-corrected chi connectivity index (χ3v) is 0.302. The second-order valence-corrected chi connectivity index (χ2v) is 0.707. The summed E-state index contributed by atoms with van der Waals surface area (Å²) >= 11 is 0. The Bertz CT molecular complexity index is 52.2. The molecule has 0 bridgehead atoms. The molecule has 0 fully saturated rings. The molecule has 0 heterocycles. The fourth-order valence-electron chi connectivity index (χ4n) is 0.125. The molecule has 0 heteroatoms.